The van der Waals surface area contributed by atoms with Crippen molar-refractivity contribution in [1.82, 2.24) is 9.47 Å². The molecule has 102 valence electrons. The minimum Gasteiger partial charge on any atom is -0.493 e. The summed E-state index contributed by atoms with van der Waals surface area (Å²) in [5, 5.41) is 13.2. The lowest BCUT2D eigenvalue weighted by molar-refractivity contribution is 0.419. The van der Waals surface area contributed by atoms with Crippen LogP contribution in [0.15, 0.2) is 21.9 Å². The van der Waals surface area contributed by atoms with Gasteiger partial charge in [0.15, 0.2) is 3.95 Å². The zero-order chi connectivity index (χ0) is 14.0. The predicted molar refractivity (Wildman–Crippen MR) is 85.7 cm³/mol. The van der Waals surface area contributed by atoms with Gasteiger partial charge < -0.3 is 10.0 Å². The van der Waals surface area contributed by atoms with Crippen LogP contribution in [0.25, 0.3) is 6.08 Å². The molecule has 2 rings (SSSR count). The Hall–Kier alpha value is -0.940. The molecule has 0 fully saturated rings. The van der Waals surface area contributed by atoms with Crippen molar-refractivity contribution in [3.63, 3.8) is 0 Å². The molecule has 2 heterocycles. The van der Waals surface area contributed by atoms with Crippen molar-refractivity contribution in [3.05, 3.63) is 30.7 Å². The van der Waals surface area contributed by atoms with Crippen LogP contribution in [-0.4, -0.2) is 21.1 Å². The molecular weight excluding hydrogens is 296 g/mol. The number of hydrogen-bond acceptors (Lipinski definition) is 5. The molecule has 3 nitrogen and oxygen atoms in total. The first-order chi connectivity index (χ1) is 9.08. The van der Waals surface area contributed by atoms with Crippen LogP contribution in [0.5, 0.6) is 5.88 Å². The summed E-state index contributed by atoms with van der Waals surface area (Å²) in [7, 11) is 0. The van der Waals surface area contributed by atoms with Gasteiger partial charge in [-0.2, -0.15) is 0 Å². The summed E-state index contributed by atoms with van der Waals surface area (Å²) in [6.45, 7) is 7.76. The van der Waals surface area contributed by atoms with Gasteiger partial charge in [0.25, 0.3) is 0 Å². The standard InChI is InChI=1S/C13H16N2OS3/c1-4-14-9(3)8-18-11(14)7-6-10-12(16)15(5-2)13(17)19-10/h6,8,16H,4-5H2,1-3H3. The SMILES string of the molecule is CCN1C(=C=Cc2sc(=S)n(CC)c2O)SC=C1C. The quantitative estimate of drug-likeness (QED) is 0.662. The van der Waals surface area contributed by atoms with Crippen molar-refractivity contribution in [2.24, 2.45) is 0 Å². The number of nitrogens with zero attached hydrogens (tertiary/aromatic N) is 2. The second-order valence-electron chi connectivity index (χ2n) is 4.02. The fourth-order valence-corrected chi connectivity index (χ4v) is 4.10. The second-order valence-corrected chi connectivity index (χ2v) is 6.55. The molecule has 0 spiro atoms. The Bertz CT molecular complexity index is 633. The highest BCUT2D eigenvalue weighted by Crippen LogP contribution is 2.34. The first kappa shape index (κ1) is 14.5. The van der Waals surface area contributed by atoms with E-state index in [2.05, 4.69) is 29.9 Å². The Morgan fingerprint density at radius 2 is 2.16 bits per heavy atom. The van der Waals surface area contributed by atoms with E-state index in [1.807, 2.05) is 13.0 Å². The summed E-state index contributed by atoms with van der Waals surface area (Å²) in [4.78, 5) is 2.95. The molecule has 0 unspecified atom stereocenters. The fraction of sp³-hybridized carbons (Fsp3) is 0.385. The monoisotopic (exact) mass is 312 g/mol. The molecule has 1 aliphatic heterocycles. The molecule has 0 saturated carbocycles. The summed E-state index contributed by atoms with van der Waals surface area (Å²) >= 11 is 8.28. The number of thiazole rings is 1. The van der Waals surface area contributed by atoms with Gasteiger partial charge in [0.1, 0.15) is 5.03 Å². The van der Waals surface area contributed by atoms with E-state index in [1.165, 1.54) is 17.0 Å². The molecule has 6 heteroatoms. The molecule has 0 atom stereocenters. The van der Waals surface area contributed by atoms with Crippen molar-refractivity contribution < 1.29 is 5.11 Å². The highest BCUT2D eigenvalue weighted by Gasteiger charge is 2.15. The van der Waals surface area contributed by atoms with E-state index in [0.29, 0.717) is 10.5 Å². The summed E-state index contributed by atoms with van der Waals surface area (Å²) < 4.78 is 2.42. The smallest absolute Gasteiger partial charge is 0.211 e. The van der Waals surface area contributed by atoms with E-state index in [0.717, 1.165) is 16.5 Å². The molecular formula is C13H16N2OS3. The maximum Gasteiger partial charge on any atom is 0.211 e. The third kappa shape index (κ3) is 2.82. The predicted octanol–water partition coefficient (Wildman–Crippen LogP) is 4.39. The van der Waals surface area contributed by atoms with Crippen LogP contribution in [0.3, 0.4) is 0 Å². The molecule has 0 saturated heterocycles. The van der Waals surface area contributed by atoms with Gasteiger partial charge in [-0.15, -0.1) is 11.3 Å². The van der Waals surface area contributed by atoms with Crippen LogP contribution in [0, 0.1) is 3.95 Å². The first-order valence-electron chi connectivity index (χ1n) is 6.08. The molecule has 1 aromatic heterocycles. The average Bonchev–Trinajstić information content (AvgIpc) is 2.87. The molecule has 0 aliphatic carbocycles. The number of aromatic hydroxyl groups is 1. The summed E-state index contributed by atoms with van der Waals surface area (Å²) in [6, 6.07) is 0. The van der Waals surface area contributed by atoms with Gasteiger partial charge >= 0.3 is 0 Å². The van der Waals surface area contributed by atoms with Crippen molar-refractivity contribution in [2.75, 3.05) is 6.54 Å². The zero-order valence-corrected chi connectivity index (χ0v) is 13.6. The van der Waals surface area contributed by atoms with Crippen molar-refractivity contribution in [3.8, 4) is 5.88 Å². The minimum absolute atomic E-state index is 0.237. The zero-order valence-electron chi connectivity index (χ0n) is 11.1. The number of rotatable bonds is 3. The lowest BCUT2D eigenvalue weighted by atomic mass is 10.4. The average molecular weight is 312 g/mol. The molecule has 1 aliphatic rings. The van der Waals surface area contributed by atoms with Crippen molar-refractivity contribution >= 4 is 41.4 Å². The third-order valence-electron chi connectivity index (χ3n) is 2.86. The second kappa shape index (κ2) is 6.01. The van der Waals surface area contributed by atoms with E-state index in [1.54, 1.807) is 16.3 Å². The topological polar surface area (TPSA) is 28.4 Å². The molecule has 0 amide bonds. The summed E-state index contributed by atoms with van der Waals surface area (Å²) in [5.41, 5.74) is 4.48. The summed E-state index contributed by atoms with van der Waals surface area (Å²) in [5.74, 6) is 0.237. The molecule has 0 radical (unpaired) electrons. The maximum atomic E-state index is 10.1. The van der Waals surface area contributed by atoms with Crippen LogP contribution in [0.1, 0.15) is 25.6 Å². The van der Waals surface area contributed by atoms with Crippen LogP contribution in [-0.2, 0) is 6.54 Å². The normalized spacial score (nSPS) is 14.6. The van der Waals surface area contributed by atoms with Gasteiger partial charge in [0.05, 0.1) is 4.88 Å². The number of hydrogen-bond donors (Lipinski definition) is 1. The van der Waals surface area contributed by atoms with Crippen molar-refractivity contribution in [1.29, 1.82) is 0 Å². The molecule has 1 N–H and O–H groups in total. The van der Waals surface area contributed by atoms with Gasteiger partial charge in [-0.25, -0.2) is 0 Å². The third-order valence-corrected chi connectivity index (χ3v) is 5.27. The Kier molecular flexibility index (Phi) is 4.58. The van der Waals surface area contributed by atoms with Gasteiger partial charge in [0, 0.05) is 24.9 Å². The fourth-order valence-electron chi connectivity index (χ4n) is 1.85. The minimum atomic E-state index is 0.237. The van der Waals surface area contributed by atoms with Gasteiger partial charge in [-0.1, -0.05) is 17.5 Å². The number of aromatic nitrogens is 1. The van der Waals surface area contributed by atoms with Crippen LogP contribution in [0.2, 0.25) is 0 Å². The van der Waals surface area contributed by atoms with Crippen LogP contribution >= 0.6 is 35.3 Å². The molecule has 19 heavy (non-hydrogen) atoms. The lowest BCUT2D eigenvalue weighted by Crippen LogP contribution is -2.14. The van der Waals surface area contributed by atoms with E-state index in [4.69, 9.17) is 12.2 Å². The van der Waals surface area contributed by atoms with E-state index in [9.17, 15) is 5.11 Å². The van der Waals surface area contributed by atoms with Gasteiger partial charge in [-0.05, 0) is 38.4 Å². The Labute approximate surface area is 126 Å². The molecule has 0 bridgehead atoms. The number of allylic oxidation sites excluding steroid dienone is 1. The van der Waals surface area contributed by atoms with Gasteiger partial charge in [-0.3, -0.25) is 4.57 Å². The largest absolute Gasteiger partial charge is 0.493 e. The van der Waals surface area contributed by atoms with E-state index >= 15 is 0 Å². The highest BCUT2D eigenvalue weighted by molar-refractivity contribution is 8.06. The van der Waals surface area contributed by atoms with Gasteiger partial charge in [0.2, 0.25) is 5.88 Å². The van der Waals surface area contributed by atoms with Crippen LogP contribution < -0.4 is 0 Å². The van der Waals surface area contributed by atoms with E-state index in [-0.39, 0.29) is 5.88 Å². The van der Waals surface area contributed by atoms with Crippen LogP contribution in [0.4, 0.5) is 0 Å². The molecule has 0 aromatic carbocycles. The Balaban J connectivity index is 2.36. The maximum absolute atomic E-state index is 10.1. The van der Waals surface area contributed by atoms with E-state index < -0.39 is 0 Å². The first-order valence-corrected chi connectivity index (χ1v) is 8.19. The Morgan fingerprint density at radius 1 is 1.42 bits per heavy atom. The highest BCUT2D eigenvalue weighted by atomic mass is 32.2. The molecule has 1 aromatic rings. The number of thioether (sulfide) groups is 1. The summed E-state index contributed by atoms with van der Waals surface area (Å²) in [6.07, 6.45) is 1.82. The Morgan fingerprint density at radius 3 is 2.74 bits per heavy atom. The lowest BCUT2D eigenvalue weighted by Gasteiger charge is -2.16. The van der Waals surface area contributed by atoms with Crippen molar-refractivity contribution in [2.45, 2.75) is 27.3 Å².